The van der Waals surface area contributed by atoms with Crippen LogP contribution in [0.5, 0.6) is 0 Å². The molecule has 1 aromatic rings. The Kier molecular flexibility index (Phi) is 5.64. The quantitative estimate of drug-likeness (QED) is 0.625. The highest BCUT2D eigenvalue weighted by Crippen LogP contribution is 2.22. The van der Waals surface area contributed by atoms with Crippen molar-refractivity contribution < 1.29 is 14.3 Å². The van der Waals surface area contributed by atoms with Crippen LogP contribution in [-0.2, 0) is 14.3 Å². The molecule has 3 N–H and O–H groups in total. The van der Waals surface area contributed by atoms with E-state index in [1.165, 1.54) is 0 Å². The monoisotopic (exact) mass is 298 g/mol. The van der Waals surface area contributed by atoms with Crippen LogP contribution in [0.4, 0.5) is 11.4 Å². The predicted octanol–water partition coefficient (Wildman–Crippen LogP) is 2.45. The van der Waals surface area contributed by atoms with Crippen molar-refractivity contribution in [3.63, 3.8) is 0 Å². The summed E-state index contributed by atoms with van der Waals surface area (Å²) in [4.78, 5) is 11.8. The number of nitrogens with two attached hydrogens (primary N) is 1. The lowest BCUT2D eigenvalue weighted by Gasteiger charge is -2.10. The van der Waals surface area contributed by atoms with Crippen LogP contribution in [0.25, 0.3) is 0 Å². The van der Waals surface area contributed by atoms with Gasteiger partial charge in [-0.1, -0.05) is 11.6 Å². The standard InChI is InChI=1S/C14H19ClN2O3/c15-10-3-4-13(12(16)8-10)17-14(18)2-1-6-20-11-5-7-19-9-11/h3-4,8,11H,1-2,5-7,9,16H2,(H,17,18). The molecule has 1 aromatic carbocycles. The molecule has 2 rings (SSSR count). The maximum Gasteiger partial charge on any atom is 0.224 e. The van der Waals surface area contributed by atoms with Crippen molar-refractivity contribution in [3.8, 4) is 0 Å². The van der Waals surface area contributed by atoms with E-state index in [0.29, 0.717) is 42.5 Å². The Hall–Kier alpha value is -1.30. The molecule has 1 aliphatic rings. The molecule has 0 spiro atoms. The van der Waals surface area contributed by atoms with Gasteiger partial charge in [-0.05, 0) is 31.0 Å². The van der Waals surface area contributed by atoms with Gasteiger partial charge in [0.1, 0.15) is 0 Å². The average molecular weight is 299 g/mol. The molecule has 6 heteroatoms. The fourth-order valence-corrected chi connectivity index (χ4v) is 2.17. The van der Waals surface area contributed by atoms with Crippen LogP contribution in [0, 0.1) is 0 Å². The number of hydrogen-bond acceptors (Lipinski definition) is 4. The first-order valence-electron chi connectivity index (χ1n) is 6.69. The van der Waals surface area contributed by atoms with Gasteiger partial charge in [-0.15, -0.1) is 0 Å². The lowest BCUT2D eigenvalue weighted by atomic mass is 10.2. The number of rotatable bonds is 6. The van der Waals surface area contributed by atoms with Crippen molar-refractivity contribution in [2.24, 2.45) is 0 Å². The Labute approximate surface area is 123 Å². The average Bonchev–Trinajstić information content (AvgIpc) is 2.91. The number of ether oxygens (including phenoxy) is 2. The molecule has 1 unspecified atom stereocenters. The van der Waals surface area contributed by atoms with Gasteiger partial charge in [-0.2, -0.15) is 0 Å². The number of carbonyl (C=O) groups excluding carboxylic acids is 1. The molecule has 5 nitrogen and oxygen atoms in total. The van der Waals surface area contributed by atoms with Gasteiger partial charge in [0.15, 0.2) is 0 Å². The summed E-state index contributed by atoms with van der Waals surface area (Å²) in [5.74, 6) is -0.0784. The Morgan fingerprint density at radius 1 is 1.55 bits per heavy atom. The zero-order chi connectivity index (χ0) is 14.4. The molecule has 110 valence electrons. The molecule has 0 radical (unpaired) electrons. The van der Waals surface area contributed by atoms with Crippen molar-refractivity contribution in [2.75, 3.05) is 30.9 Å². The van der Waals surface area contributed by atoms with Crippen LogP contribution < -0.4 is 11.1 Å². The molecule has 1 amide bonds. The van der Waals surface area contributed by atoms with Crippen LogP contribution in [0.1, 0.15) is 19.3 Å². The molecule has 1 heterocycles. The number of carbonyl (C=O) groups is 1. The lowest BCUT2D eigenvalue weighted by molar-refractivity contribution is -0.116. The predicted molar refractivity (Wildman–Crippen MR) is 78.9 cm³/mol. The number of nitrogen functional groups attached to an aromatic ring is 1. The number of halogens is 1. The molecule has 0 aromatic heterocycles. The largest absolute Gasteiger partial charge is 0.397 e. The van der Waals surface area contributed by atoms with Gasteiger partial charge in [0.2, 0.25) is 5.91 Å². The summed E-state index contributed by atoms with van der Waals surface area (Å²) in [6, 6.07) is 5.00. The van der Waals surface area contributed by atoms with Crippen molar-refractivity contribution in [2.45, 2.75) is 25.4 Å². The van der Waals surface area contributed by atoms with Gasteiger partial charge in [-0.3, -0.25) is 4.79 Å². The van der Waals surface area contributed by atoms with E-state index in [1.54, 1.807) is 18.2 Å². The van der Waals surface area contributed by atoms with Gasteiger partial charge in [0.25, 0.3) is 0 Å². The lowest BCUT2D eigenvalue weighted by Crippen LogP contribution is -2.16. The zero-order valence-corrected chi connectivity index (χ0v) is 12.0. The third kappa shape index (κ3) is 4.67. The maximum atomic E-state index is 11.8. The highest BCUT2D eigenvalue weighted by Gasteiger charge is 2.15. The molecular weight excluding hydrogens is 280 g/mol. The topological polar surface area (TPSA) is 73.6 Å². The fourth-order valence-electron chi connectivity index (χ4n) is 1.99. The molecule has 20 heavy (non-hydrogen) atoms. The van der Waals surface area contributed by atoms with Gasteiger partial charge in [-0.25, -0.2) is 0 Å². The minimum absolute atomic E-state index is 0.0784. The molecule has 1 atom stereocenters. The molecule has 0 bridgehead atoms. The first kappa shape index (κ1) is 15.1. The summed E-state index contributed by atoms with van der Waals surface area (Å²) < 4.78 is 10.8. The van der Waals surface area contributed by atoms with Crippen molar-refractivity contribution in [3.05, 3.63) is 23.2 Å². The van der Waals surface area contributed by atoms with E-state index in [0.717, 1.165) is 13.0 Å². The highest BCUT2D eigenvalue weighted by molar-refractivity contribution is 6.31. The maximum absolute atomic E-state index is 11.8. The number of hydrogen-bond donors (Lipinski definition) is 2. The number of benzene rings is 1. The molecule has 1 saturated heterocycles. The van der Waals surface area contributed by atoms with E-state index in [9.17, 15) is 4.79 Å². The number of amides is 1. The van der Waals surface area contributed by atoms with Gasteiger partial charge in [0, 0.05) is 24.7 Å². The molecule has 1 aliphatic heterocycles. The third-order valence-electron chi connectivity index (χ3n) is 3.08. The summed E-state index contributed by atoms with van der Waals surface area (Å²) in [6.07, 6.45) is 2.20. The zero-order valence-electron chi connectivity index (χ0n) is 11.2. The first-order valence-corrected chi connectivity index (χ1v) is 7.07. The van der Waals surface area contributed by atoms with E-state index in [4.69, 9.17) is 26.8 Å². The fraction of sp³-hybridized carbons (Fsp3) is 0.500. The Bertz CT molecular complexity index is 462. The molecule has 0 aliphatic carbocycles. The van der Waals surface area contributed by atoms with Crippen molar-refractivity contribution >= 4 is 28.9 Å². The normalized spacial score (nSPS) is 18.1. The number of anilines is 2. The summed E-state index contributed by atoms with van der Waals surface area (Å²) >= 11 is 5.80. The summed E-state index contributed by atoms with van der Waals surface area (Å²) in [5.41, 5.74) is 6.82. The third-order valence-corrected chi connectivity index (χ3v) is 3.31. The van der Waals surface area contributed by atoms with Gasteiger partial charge >= 0.3 is 0 Å². The van der Waals surface area contributed by atoms with E-state index in [2.05, 4.69) is 5.32 Å². The Morgan fingerprint density at radius 2 is 2.40 bits per heavy atom. The van der Waals surface area contributed by atoms with Crippen molar-refractivity contribution in [1.82, 2.24) is 0 Å². The number of nitrogens with one attached hydrogen (secondary N) is 1. The van der Waals surface area contributed by atoms with E-state index in [-0.39, 0.29) is 12.0 Å². The smallest absolute Gasteiger partial charge is 0.224 e. The van der Waals surface area contributed by atoms with Crippen LogP contribution >= 0.6 is 11.6 Å². The first-order chi connectivity index (χ1) is 9.65. The minimum atomic E-state index is -0.0784. The van der Waals surface area contributed by atoms with Gasteiger partial charge in [0.05, 0.1) is 24.1 Å². The van der Waals surface area contributed by atoms with E-state index >= 15 is 0 Å². The molecular formula is C14H19ClN2O3. The van der Waals surface area contributed by atoms with Crippen LogP contribution in [0.15, 0.2) is 18.2 Å². The SMILES string of the molecule is Nc1cc(Cl)ccc1NC(=O)CCCOC1CCOC1. The summed E-state index contributed by atoms with van der Waals surface area (Å²) in [7, 11) is 0. The van der Waals surface area contributed by atoms with Gasteiger partial charge < -0.3 is 20.5 Å². The Balaban J connectivity index is 1.67. The van der Waals surface area contributed by atoms with Crippen LogP contribution in [0.2, 0.25) is 5.02 Å². The highest BCUT2D eigenvalue weighted by atomic mass is 35.5. The second-order valence-corrected chi connectivity index (χ2v) is 5.18. The van der Waals surface area contributed by atoms with Crippen molar-refractivity contribution in [1.29, 1.82) is 0 Å². The summed E-state index contributed by atoms with van der Waals surface area (Å²) in [6.45, 7) is 1.99. The second-order valence-electron chi connectivity index (χ2n) is 4.74. The second kappa shape index (κ2) is 7.47. The van der Waals surface area contributed by atoms with E-state index < -0.39 is 0 Å². The summed E-state index contributed by atoms with van der Waals surface area (Å²) in [5, 5.41) is 3.31. The minimum Gasteiger partial charge on any atom is -0.397 e. The van der Waals surface area contributed by atoms with E-state index in [1.807, 2.05) is 0 Å². The van der Waals surface area contributed by atoms with Crippen LogP contribution in [-0.4, -0.2) is 31.8 Å². The Morgan fingerprint density at radius 3 is 3.10 bits per heavy atom. The molecule has 0 saturated carbocycles. The van der Waals surface area contributed by atoms with Crippen LogP contribution in [0.3, 0.4) is 0 Å². The molecule has 1 fully saturated rings.